The summed E-state index contributed by atoms with van der Waals surface area (Å²) in [5.74, 6) is 0.669. The number of fused-ring (bicyclic) bond motifs is 1. The fourth-order valence-electron chi connectivity index (χ4n) is 1.44. The molecule has 0 fully saturated rings. The summed E-state index contributed by atoms with van der Waals surface area (Å²) in [6.07, 6.45) is 0. The fraction of sp³-hybridized carbons (Fsp3) is 0. The molecule has 0 radical (unpaired) electrons. The molecule has 0 saturated heterocycles. The molecule has 7 heteroatoms. The highest BCUT2D eigenvalue weighted by Crippen LogP contribution is 2.22. The van der Waals surface area contributed by atoms with Crippen LogP contribution in [0.25, 0.3) is 16.3 Å². The van der Waals surface area contributed by atoms with Gasteiger partial charge in [-0.1, -0.05) is 11.3 Å². The minimum atomic E-state index is 0.474. The molecular formula is C9H8N6S. The van der Waals surface area contributed by atoms with E-state index in [1.165, 1.54) is 11.3 Å². The SMILES string of the molecule is Nc1ccc(-c2nnc3sc(N)nn23)cc1. The van der Waals surface area contributed by atoms with E-state index in [0.717, 1.165) is 5.56 Å². The molecule has 0 atom stereocenters. The standard InChI is InChI=1S/C9H8N6S/c10-6-3-1-5(2-4-6)7-12-13-9-15(7)14-8(11)16-9/h1-4H,10H2,(H2,11,14). The van der Waals surface area contributed by atoms with E-state index >= 15 is 0 Å². The van der Waals surface area contributed by atoms with E-state index in [0.29, 0.717) is 21.6 Å². The number of aromatic nitrogens is 4. The van der Waals surface area contributed by atoms with E-state index in [-0.39, 0.29) is 0 Å². The molecule has 16 heavy (non-hydrogen) atoms. The summed E-state index contributed by atoms with van der Waals surface area (Å²) < 4.78 is 1.63. The molecule has 2 aromatic heterocycles. The lowest BCUT2D eigenvalue weighted by Crippen LogP contribution is -1.92. The van der Waals surface area contributed by atoms with Crippen molar-refractivity contribution in [2.24, 2.45) is 0 Å². The third kappa shape index (κ3) is 1.29. The van der Waals surface area contributed by atoms with Crippen LogP contribution in [0.5, 0.6) is 0 Å². The monoisotopic (exact) mass is 232 g/mol. The molecule has 0 saturated carbocycles. The third-order valence-electron chi connectivity index (χ3n) is 2.18. The summed E-state index contributed by atoms with van der Waals surface area (Å²) in [5.41, 5.74) is 12.8. The predicted molar refractivity (Wildman–Crippen MR) is 62.9 cm³/mol. The van der Waals surface area contributed by atoms with E-state index in [4.69, 9.17) is 11.5 Å². The highest BCUT2D eigenvalue weighted by atomic mass is 32.1. The van der Waals surface area contributed by atoms with Gasteiger partial charge in [0.25, 0.3) is 0 Å². The van der Waals surface area contributed by atoms with E-state index < -0.39 is 0 Å². The molecule has 0 bridgehead atoms. The molecule has 0 unspecified atom stereocenters. The van der Waals surface area contributed by atoms with Crippen molar-refractivity contribution in [2.45, 2.75) is 0 Å². The summed E-state index contributed by atoms with van der Waals surface area (Å²) in [4.78, 5) is 0.685. The highest BCUT2D eigenvalue weighted by molar-refractivity contribution is 7.20. The van der Waals surface area contributed by atoms with Crippen LogP contribution in [-0.2, 0) is 0 Å². The number of nitrogens with two attached hydrogens (primary N) is 2. The van der Waals surface area contributed by atoms with Gasteiger partial charge in [0.05, 0.1) is 0 Å². The van der Waals surface area contributed by atoms with Gasteiger partial charge in [0.2, 0.25) is 10.1 Å². The fourth-order valence-corrected chi connectivity index (χ4v) is 2.05. The summed E-state index contributed by atoms with van der Waals surface area (Å²) in [6.45, 7) is 0. The Morgan fingerprint density at radius 2 is 1.81 bits per heavy atom. The molecule has 0 aliphatic rings. The molecule has 0 spiro atoms. The number of anilines is 2. The zero-order chi connectivity index (χ0) is 11.1. The lowest BCUT2D eigenvalue weighted by Gasteiger charge is -1.97. The van der Waals surface area contributed by atoms with Gasteiger partial charge in [-0.05, 0) is 24.3 Å². The number of nitrogens with zero attached hydrogens (tertiary/aromatic N) is 4. The Hall–Kier alpha value is -2.15. The third-order valence-corrected chi connectivity index (χ3v) is 2.90. The van der Waals surface area contributed by atoms with Crippen LogP contribution in [0.4, 0.5) is 10.8 Å². The van der Waals surface area contributed by atoms with Crippen molar-refractivity contribution in [3.8, 4) is 11.4 Å². The average Bonchev–Trinajstić information content (AvgIpc) is 2.78. The van der Waals surface area contributed by atoms with Gasteiger partial charge in [0.1, 0.15) is 0 Å². The lowest BCUT2D eigenvalue weighted by atomic mass is 10.2. The second kappa shape index (κ2) is 3.17. The van der Waals surface area contributed by atoms with E-state index in [9.17, 15) is 0 Å². The van der Waals surface area contributed by atoms with Crippen LogP contribution in [-0.4, -0.2) is 19.8 Å². The first-order valence-electron chi connectivity index (χ1n) is 4.57. The van der Waals surface area contributed by atoms with Crippen LogP contribution in [0.3, 0.4) is 0 Å². The van der Waals surface area contributed by atoms with Crippen LogP contribution >= 0.6 is 11.3 Å². The van der Waals surface area contributed by atoms with Crippen LogP contribution in [0.15, 0.2) is 24.3 Å². The zero-order valence-electron chi connectivity index (χ0n) is 8.16. The van der Waals surface area contributed by atoms with Gasteiger partial charge in [-0.25, -0.2) is 0 Å². The number of hydrogen-bond donors (Lipinski definition) is 2. The zero-order valence-corrected chi connectivity index (χ0v) is 8.98. The van der Waals surface area contributed by atoms with Gasteiger partial charge >= 0.3 is 0 Å². The van der Waals surface area contributed by atoms with Crippen molar-refractivity contribution >= 4 is 27.1 Å². The van der Waals surface area contributed by atoms with Crippen LogP contribution < -0.4 is 11.5 Å². The molecule has 0 aliphatic carbocycles. The number of hydrogen-bond acceptors (Lipinski definition) is 6. The maximum absolute atomic E-state index is 5.62. The summed E-state index contributed by atoms with van der Waals surface area (Å²) in [6, 6.07) is 7.38. The van der Waals surface area contributed by atoms with Gasteiger partial charge in [-0.15, -0.1) is 15.3 Å². The van der Waals surface area contributed by atoms with Crippen molar-refractivity contribution in [3.63, 3.8) is 0 Å². The molecule has 4 N–H and O–H groups in total. The van der Waals surface area contributed by atoms with Gasteiger partial charge in [0.15, 0.2) is 5.82 Å². The second-order valence-corrected chi connectivity index (χ2v) is 4.27. The molecule has 0 amide bonds. The van der Waals surface area contributed by atoms with Crippen molar-refractivity contribution in [3.05, 3.63) is 24.3 Å². The first-order valence-corrected chi connectivity index (χ1v) is 5.39. The normalized spacial score (nSPS) is 11.0. The first-order chi connectivity index (χ1) is 7.74. The van der Waals surface area contributed by atoms with Gasteiger partial charge in [-0.2, -0.15) is 4.52 Å². The maximum atomic E-state index is 5.62. The van der Waals surface area contributed by atoms with E-state index in [2.05, 4.69) is 15.3 Å². The minimum Gasteiger partial charge on any atom is -0.399 e. The smallest absolute Gasteiger partial charge is 0.236 e. The lowest BCUT2D eigenvalue weighted by molar-refractivity contribution is 0.973. The van der Waals surface area contributed by atoms with Crippen molar-refractivity contribution in [1.82, 2.24) is 19.8 Å². The van der Waals surface area contributed by atoms with Crippen molar-refractivity contribution in [1.29, 1.82) is 0 Å². The van der Waals surface area contributed by atoms with E-state index in [1.807, 2.05) is 24.3 Å². The Balaban J connectivity index is 2.21. The molecule has 80 valence electrons. The van der Waals surface area contributed by atoms with Gasteiger partial charge < -0.3 is 11.5 Å². The minimum absolute atomic E-state index is 0.474. The summed E-state index contributed by atoms with van der Waals surface area (Å²) >= 11 is 1.30. The highest BCUT2D eigenvalue weighted by Gasteiger charge is 2.11. The Morgan fingerprint density at radius 1 is 1.06 bits per heavy atom. The molecule has 3 rings (SSSR count). The molecule has 2 heterocycles. The average molecular weight is 232 g/mol. The number of nitrogen functional groups attached to an aromatic ring is 2. The first kappa shape index (κ1) is 9.10. The molecular weight excluding hydrogens is 224 g/mol. The van der Waals surface area contributed by atoms with Crippen LogP contribution in [0.2, 0.25) is 0 Å². The van der Waals surface area contributed by atoms with Crippen molar-refractivity contribution in [2.75, 3.05) is 11.5 Å². The molecule has 1 aromatic carbocycles. The van der Waals surface area contributed by atoms with E-state index in [1.54, 1.807) is 4.52 Å². The number of benzene rings is 1. The van der Waals surface area contributed by atoms with Crippen molar-refractivity contribution < 1.29 is 0 Å². The van der Waals surface area contributed by atoms with Gasteiger partial charge in [-0.3, -0.25) is 0 Å². The Labute approximate surface area is 94.5 Å². The van der Waals surface area contributed by atoms with Gasteiger partial charge in [0, 0.05) is 11.3 Å². The number of rotatable bonds is 1. The Morgan fingerprint density at radius 3 is 2.56 bits per heavy atom. The van der Waals surface area contributed by atoms with Crippen LogP contribution in [0.1, 0.15) is 0 Å². The summed E-state index contributed by atoms with van der Waals surface area (Å²) in [7, 11) is 0. The largest absolute Gasteiger partial charge is 0.399 e. The Bertz CT molecular complexity index is 638. The summed E-state index contributed by atoms with van der Waals surface area (Å²) in [5, 5.41) is 12.7. The quantitative estimate of drug-likeness (QED) is 0.611. The van der Waals surface area contributed by atoms with Crippen LogP contribution in [0, 0.1) is 0 Å². The second-order valence-electron chi connectivity index (χ2n) is 3.28. The predicted octanol–water partition coefficient (Wildman–Crippen LogP) is 1.02. The Kier molecular flexibility index (Phi) is 1.80. The maximum Gasteiger partial charge on any atom is 0.236 e. The molecule has 3 aromatic rings. The molecule has 0 aliphatic heterocycles. The topological polar surface area (TPSA) is 95.1 Å². The molecule has 6 nitrogen and oxygen atoms in total.